The molecule has 0 saturated heterocycles. The molecular weight excluding hydrogens is 756 g/mol. The molecule has 0 aliphatic rings. The van der Waals surface area contributed by atoms with Crippen LogP contribution in [0, 0.1) is 5.92 Å². The van der Waals surface area contributed by atoms with Gasteiger partial charge in [0.15, 0.2) is 11.6 Å². The van der Waals surface area contributed by atoms with Crippen LogP contribution < -0.4 is 26.6 Å². The number of ether oxygens (including phenoxy) is 3. The van der Waals surface area contributed by atoms with Crippen molar-refractivity contribution in [3.8, 4) is 0 Å². The van der Waals surface area contributed by atoms with Crippen LogP contribution in [0.5, 0.6) is 0 Å². The average Bonchev–Trinajstić information content (AvgIpc) is 3.14. The molecular formula is C39H60N8O11. The maximum absolute atomic E-state index is 13.7. The van der Waals surface area contributed by atoms with Crippen molar-refractivity contribution in [2.75, 3.05) is 32.7 Å². The summed E-state index contributed by atoms with van der Waals surface area (Å²) in [5.74, 6) is -4.33. The van der Waals surface area contributed by atoms with Gasteiger partial charge in [0, 0.05) is 43.2 Å². The minimum absolute atomic E-state index is 0.113. The zero-order chi connectivity index (χ0) is 43.6. The quantitative estimate of drug-likeness (QED) is 0.0222. The summed E-state index contributed by atoms with van der Waals surface area (Å²) in [6, 6.07) is 8.13. The number of nitrogens with one attached hydrogen (secondary N) is 5. The number of alkyl carbamates (subject to hydrolysis) is 2. The third kappa shape index (κ3) is 26.2. The third-order valence-corrected chi connectivity index (χ3v) is 7.78. The van der Waals surface area contributed by atoms with Crippen LogP contribution in [0.2, 0.25) is 0 Å². The van der Waals surface area contributed by atoms with E-state index in [0.717, 1.165) is 5.56 Å². The number of esters is 1. The van der Waals surface area contributed by atoms with Gasteiger partial charge in [-0.05, 0) is 84.7 Å². The molecule has 0 bridgehead atoms. The molecule has 0 saturated carbocycles. The minimum atomic E-state index is -1.07. The van der Waals surface area contributed by atoms with Gasteiger partial charge in [-0.1, -0.05) is 41.9 Å². The molecule has 0 aliphatic carbocycles. The largest absolute Gasteiger partial charge is 0.458 e. The van der Waals surface area contributed by atoms with Gasteiger partial charge in [0.25, 0.3) is 0 Å². The lowest BCUT2D eigenvalue weighted by Crippen LogP contribution is -2.47. The highest BCUT2D eigenvalue weighted by Gasteiger charge is 2.30. The van der Waals surface area contributed by atoms with Gasteiger partial charge in [0.2, 0.25) is 17.7 Å². The fourth-order valence-electron chi connectivity index (χ4n) is 5.02. The van der Waals surface area contributed by atoms with E-state index in [1.165, 1.54) is 0 Å². The molecule has 0 spiro atoms. The summed E-state index contributed by atoms with van der Waals surface area (Å²) < 4.78 is 16.0. The predicted octanol–water partition coefficient (Wildman–Crippen LogP) is 4.07. The summed E-state index contributed by atoms with van der Waals surface area (Å²) in [7, 11) is 0. The fraction of sp³-hybridized carbons (Fsp3) is 0.641. The Morgan fingerprint density at radius 3 is 1.91 bits per heavy atom. The summed E-state index contributed by atoms with van der Waals surface area (Å²) in [5.41, 5.74) is 7.56. The van der Waals surface area contributed by atoms with E-state index in [1.54, 1.807) is 41.5 Å². The normalized spacial score (nSPS) is 12.0. The molecule has 1 aromatic carbocycles. The van der Waals surface area contributed by atoms with Crippen LogP contribution in [0.15, 0.2) is 35.4 Å². The SMILES string of the molecule is CC(C)(C)OC(=O)NCCCCC(CC(=O)CNC(=O)CCC(=O)CNC(=O)CN=[N+]=[N-])C(=O)N[C@@H](CCCCNC(=O)OCc1ccccc1)C(=O)OC(C)(C)C. The number of nitrogens with zero attached hydrogens (tertiary/aromatic N) is 3. The van der Waals surface area contributed by atoms with Crippen molar-refractivity contribution in [3.63, 3.8) is 0 Å². The van der Waals surface area contributed by atoms with E-state index in [0.29, 0.717) is 25.7 Å². The van der Waals surface area contributed by atoms with Gasteiger partial charge >= 0.3 is 18.2 Å². The van der Waals surface area contributed by atoms with Gasteiger partial charge < -0.3 is 40.8 Å². The Kier molecular flexibility index (Phi) is 23.4. The van der Waals surface area contributed by atoms with Crippen LogP contribution >= 0.6 is 0 Å². The number of hydrogen-bond acceptors (Lipinski definition) is 12. The number of carbonyl (C=O) groups is 8. The molecule has 1 unspecified atom stereocenters. The molecule has 0 radical (unpaired) electrons. The Labute approximate surface area is 339 Å². The standard InChI is InChI=1S/C39H60N8O11/c1-38(2,3)57-35(53)31(17-11-13-20-41-36(54)56-26-27-14-8-7-9-15-27)46-34(52)28(16-10-12-21-42-37(55)58-39(4,5)6)22-30(49)24-43-32(50)19-18-29(48)23-44-33(51)25-45-47-40/h7-9,14-15,28,31H,10-13,16-26H2,1-6H3,(H,41,54)(H,42,55)(H,43,50)(H,44,51)(H,46,52)/t28?,31-/m0/s1. The summed E-state index contributed by atoms with van der Waals surface area (Å²) in [6.45, 7) is 9.65. The molecule has 1 aromatic rings. The Morgan fingerprint density at radius 1 is 0.707 bits per heavy atom. The number of amides is 5. The molecule has 5 amide bonds. The molecule has 19 heteroatoms. The number of Topliss-reactive ketones (excluding diaryl/α,β-unsaturated/α-hetero) is 2. The Hall–Kier alpha value is -5.71. The van der Waals surface area contributed by atoms with E-state index < -0.39 is 83.7 Å². The number of azide groups is 1. The lowest BCUT2D eigenvalue weighted by molar-refractivity contribution is -0.159. The van der Waals surface area contributed by atoms with Crippen LogP contribution in [0.25, 0.3) is 10.4 Å². The number of hydrogen-bond donors (Lipinski definition) is 5. The van der Waals surface area contributed by atoms with Crippen LogP contribution in [0.4, 0.5) is 9.59 Å². The Balaban J connectivity index is 2.85. The minimum Gasteiger partial charge on any atom is -0.458 e. The predicted molar refractivity (Wildman–Crippen MR) is 212 cm³/mol. The molecule has 1 rings (SSSR count). The van der Waals surface area contributed by atoms with Crippen molar-refractivity contribution < 1.29 is 52.6 Å². The lowest BCUT2D eigenvalue weighted by Gasteiger charge is -2.26. The smallest absolute Gasteiger partial charge is 0.407 e. The molecule has 0 aromatic heterocycles. The van der Waals surface area contributed by atoms with Crippen LogP contribution in [-0.4, -0.2) is 97.4 Å². The van der Waals surface area contributed by atoms with E-state index in [-0.39, 0.29) is 58.3 Å². The Bertz CT molecular complexity index is 1570. The summed E-state index contributed by atoms with van der Waals surface area (Å²) in [4.78, 5) is 103. The first kappa shape index (κ1) is 50.3. The van der Waals surface area contributed by atoms with E-state index >= 15 is 0 Å². The molecule has 0 fully saturated rings. The zero-order valence-corrected chi connectivity index (χ0v) is 34.5. The summed E-state index contributed by atoms with van der Waals surface area (Å²) in [5, 5.41) is 15.9. The summed E-state index contributed by atoms with van der Waals surface area (Å²) >= 11 is 0. The van der Waals surface area contributed by atoms with Crippen LogP contribution in [0.1, 0.15) is 105 Å². The molecule has 2 atom stereocenters. The average molecular weight is 817 g/mol. The highest BCUT2D eigenvalue weighted by molar-refractivity contribution is 5.93. The van der Waals surface area contributed by atoms with Crippen molar-refractivity contribution in [2.24, 2.45) is 11.0 Å². The van der Waals surface area contributed by atoms with Gasteiger partial charge in [0.1, 0.15) is 30.4 Å². The molecule has 19 nitrogen and oxygen atoms in total. The topological polar surface area (TPSA) is 273 Å². The highest BCUT2D eigenvalue weighted by atomic mass is 16.6. The number of carbonyl (C=O) groups excluding carboxylic acids is 8. The fourth-order valence-corrected chi connectivity index (χ4v) is 5.02. The number of benzene rings is 1. The first-order valence-electron chi connectivity index (χ1n) is 19.3. The molecule has 58 heavy (non-hydrogen) atoms. The molecule has 322 valence electrons. The van der Waals surface area contributed by atoms with E-state index in [4.69, 9.17) is 19.7 Å². The number of unbranched alkanes of at least 4 members (excludes halogenated alkanes) is 2. The Morgan fingerprint density at radius 2 is 1.29 bits per heavy atom. The first-order chi connectivity index (χ1) is 27.3. The second kappa shape index (κ2) is 27.0. The van der Waals surface area contributed by atoms with Crippen molar-refractivity contribution >= 4 is 47.4 Å². The maximum atomic E-state index is 13.7. The van der Waals surface area contributed by atoms with Gasteiger partial charge in [-0.3, -0.25) is 24.0 Å². The van der Waals surface area contributed by atoms with Gasteiger partial charge in [-0.15, -0.1) is 0 Å². The van der Waals surface area contributed by atoms with E-state index in [1.807, 2.05) is 30.3 Å². The second-order valence-corrected chi connectivity index (χ2v) is 15.4. The van der Waals surface area contributed by atoms with Crippen molar-refractivity contribution in [2.45, 2.75) is 123 Å². The third-order valence-electron chi connectivity index (χ3n) is 7.78. The molecule has 0 heterocycles. The van der Waals surface area contributed by atoms with Crippen molar-refractivity contribution in [1.82, 2.24) is 26.6 Å². The number of ketones is 2. The van der Waals surface area contributed by atoms with Gasteiger partial charge in [0.05, 0.1) is 13.1 Å². The summed E-state index contributed by atoms with van der Waals surface area (Å²) in [6.07, 6.45) is 0.179. The molecule has 0 aliphatic heterocycles. The van der Waals surface area contributed by atoms with Gasteiger partial charge in [-0.25, -0.2) is 14.4 Å². The highest BCUT2D eigenvalue weighted by Crippen LogP contribution is 2.17. The lowest BCUT2D eigenvalue weighted by atomic mass is 9.94. The maximum Gasteiger partial charge on any atom is 0.407 e. The van der Waals surface area contributed by atoms with Crippen LogP contribution in [-0.2, 0) is 49.6 Å². The van der Waals surface area contributed by atoms with Gasteiger partial charge in [-0.2, -0.15) is 0 Å². The monoisotopic (exact) mass is 816 g/mol. The van der Waals surface area contributed by atoms with Crippen LogP contribution in [0.3, 0.4) is 0 Å². The van der Waals surface area contributed by atoms with E-state index in [9.17, 15) is 38.4 Å². The second-order valence-electron chi connectivity index (χ2n) is 15.4. The number of rotatable bonds is 26. The zero-order valence-electron chi connectivity index (χ0n) is 34.5. The van der Waals surface area contributed by atoms with E-state index in [2.05, 4.69) is 36.6 Å². The van der Waals surface area contributed by atoms with Crippen molar-refractivity contribution in [1.29, 1.82) is 0 Å². The molecule has 5 N–H and O–H groups in total. The van der Waals surface area contributed by atoms with Crippen molar-refractivity contribution in [3.05, 3.63) is 46.3 Å². The first-order valence-corrected chi connectivity index (χ1v) is 19.3.